The molecule has 0 bridgehead atoms. The number of methoxy groups -OCH3 is 2. The minimum absolute atomic E-state index is 0.0413. The predicted octanol–water partition coefficient (Wildman–Crippen LogP) is 3.16. The normalized spacial score (nSPS) is 16.2. The van der Waals surface area contributed by atoms with Gasteiger partial charge in [0, 0.05) is 31.1 Å². The summed E-state index contributed by atoms with van der Waals surface area (Å²) in [5.74, 6) is 2.22. The molecule has 3 amide bonds. The van der Waals surface area contributed by atoms with Gasteiger partial charge in [0.1, 0.15) is 18.0 Å². The number of carbonyl (C=O) groups excluding carboxylic acids is 2. The summed E-state index contributed by atoms with van der Waals surface area (Å²) in [5, 5.41) is 8.93. The zero-order valence-electron chi connectivity index (χ0n) is 20.5. The van der Waals surface area contributed by atoms with E-state index in [-0.39, 0.29) is 37.4 Å². The number of hydrogen-bond donors (Lipinski definition) is 1. The van der Waals surface area contributed by atoms with Gasteiger partial charge in [0.05, 0.1) is 26.0 Å². The van der Waals surface area contributed by atoms with Crippen LogP contribution >= 0.6 is 0 Å². The van der Waals surface area contributed by atoms with Gasteiger partial charge in [0.15, 0.2) is 11.5 Å². The van der Waals surface area contributed by atoms with E-state index in [1.54, 1.807) is 27.3 Å². The van der Waals surface area contributed by atoms with Gasteiger partial charge in [-0.2, -0.15) is 5.10 Å². The second kappa shape index (κ2) is 10.1. The molecule has 0 aromatic heterocycles. The quantitative estimate of drug-likeness (QED) is 0.651. The van der Waals surface area contributed by atoms with Gasteiger partial charge < -0.3 is 29.2 Å². The molecule has 0 aliphatic carbocycles. The minimum Gasteiger partial charge on any atom is -0.497 e. The number of amides is 3. The molecule has 2 aliphatic rings. The van der Waals surface area contributed by atoms with Crippen molar-refractivity contribution in [3.63, 3.8) is 0 Å². The smallest absolute Gasteiger partial charge is 0.317 e. The molecular formula is C25H30N4O6. The molecule has 0 radical (unpaired) electrons. The van der Waals surface area contributed by atoms with Crippen molar-refractivity contribution in [1.29, 1.82) is 0 Å². The van der Waals surface area contributed by atoms with Crippen molar-refractivity contribution in [3.05, 3.63) is 47.5 Å². The molecule has 2 aromatic rings. The van der Waals surface area contributed by atoms with Crippen LogP contribution in [0.5, 0.6) is 23.0 Å². The third-order valence-electron chi connectivity index (χ3n) is 5.80. The summed E-state index contributed by atoms with van der Waals surface area (Å²) in [4.78, 5) is 27.1. The maximum Gasteiger partial charge on any atom is 0.317 e. The van der Waals surface area contributed by atoms with Crippen LogP contribution in [-0.4, -0.2) is 68.2 Å². The lowest BCUT2D eigenvalue weighted by Crippen LogP contribution is -2.45. The van der Waals surface area contributed by atoms with E-state index < -0.39 is 0 Å². The zero-order valence-corrected chi connectivity index (χ0v) is 20.5. The summed E-state index contributed by atoms with van der Waals surface area (Å²) in [7, 11) is 4.75. The Bertz CT molecular complexity index is 1150. The number of urea groups is 1. The number of nitrogens with zero attached hydrogens (tertiary/aromatic N) is 3. The van der Waals surface area contributed by atoms with Gasteiger partial charge in [0.25, 0.3) is 5.91 Å². The van der Waals surface area contributed by atoms with Crippen molar-refractivity contribution in [2.75, 3.05) is 34.6 Å². The fourth-order valence-electron chi connectivity index (χ4n) is 4.02. The summed E-state index contributed by atoms with van der Waals surface area (Å²) in [6.45, 7) is 3.76. The lowest BCUT2D eigenvalue weighted by molar-refractivity contribution is -0.133. The Morgan fingerprint density at radius 1 is 1.14 bits per heavy atom. The molecule has 0 fully saturated rings. The first-order valence-corrected chi connectivity index (χ1v) is 11.3. The first-order chi connectivity index (χ1) is 16.8. The SMILES string of the molecule is COc1ccc(C2=NN(C(=O)CN(C)C(=O)NC(C)C)[C@@H](c3ccc4c(c3)OCO4)C2)c(OC)c1. The molecule has 0 saturated carbocycles. The largest absolute Gasteiger partial charge is 0.497 e. The number of benzene rings is 2. The standard InChI is InChI=1S/C25H30N4O6/c1-15(2)26-25(31)28(3)13-24(30)29-20(16-6-9-21-23(10-16)35-14-34-21)12-19(27-29)18-8-7-17(32-4)11-22(18)33-5/h6-11,15,20H,12-14H2,1-5H3,(H,26,31)/t20-/m1/s1. The van der Waals surface area contributed by atoms with E-state index in [9.17, 15) is 9.59 Å². The average Bonchev–Trinajstić information content (AvgIpc) is 3.50. The Balaban J connectivity index is 1.65. The number of likely N-dealkylation sites (N-methyl/N-ethyl adjacent to an activating group) is 1. The van der Waals surface area contributed by atoms with E-state index >= 15 is 0 Å². The van der Waals surface area contributed by atoms with Crippen molar-refractivity contribution in [2.24, 2.45) is 5.10 Å². The van der Waals surface area contributed by atoms with E-state index in [1.165, 1.54) is 9.91 Å². The van der Waals surface area contributed by atoms with Crippen molar-refractivity contribution in [3.8, 4) is 23.0 Å². The maximum absolute atomic E-state index is 13.4. The van der Waals surface area contributed by atoms with E-state index in [4.69, 9.17) is 24.0 Å². The van der Waals surface area contributed by atoms with Crippen LogP contribution in [0.25, 0.3) is 0 Å². The number of nitrogens with one attached hydrogen (secondary N) is 1. The number of rotatable bonds is 7. The number of fused-ring (bicyclic) bond motifs is 1. The van der Waals surface area contributed by atoms with Gasteiger partial charge in [0.2, 0.25) is 6.79 Å². The molecular weight excluding hydrogens is 452 g/mol. The minimum atomic E-state index is -0.389. The Hall–Kier alpha value is -3.95. The van der Waals surface area contributed by atoms with Crippen molar-refractivity contribution < 1.29 is 28.5 Å². The summed E-state index contributed by atoms with van der Waals surface area (Å²) in [5.41, 5.74) is 2.30. The Morgan fingerprint density at radius 2 is 1.91 bits per heavy atom. The number of carbonyl (C=O) groups is 2. The predicted molar refractivity (Wildman–Crippen MR) is 129 cm³/mol. The highest BCUT2D eigenvalue weighted by molar-refractivity contribution is 6.05. The van der Waals surface area contributed by atoms with Gasteiger partial charge in [-0.1, -0.05) is 6.07 Å². The molecule has 2 heterocycles. The molecule has 4 rings (SSSR count). The lowest BCUT2D eigenvalue weighted by atomic mass is 9.97. The first-order valence-electron chi connectivity index (χ1n) is 11.3. The number of ether oxygens (including phenoxy) is 4. The second-order valence-corrected chi connectivity index (χ2v) is 8.64. The van der Waals surface area contributed by atoms with Crippen LogP contribution in [0.1, 0.15) is 37.4 Å². The highest BCUT2D eigenvalue weighted by Crippen LogP contribution is 2.40. The first kappa shape index (κ1) is 24.2. The van der Waals surface area contributed by atoms with Crippen LogP contribution in [0.3, 0.4) is 0 Å². The van der Waals surface area contributed by atoms with Gasteiger partial charge in [-0.25, -0.2) is 9.80 Å². The molecule has 1 atom stereocenters. The summed E-state index contributed by atoms with van der Waals surface area (Å²) in [6, 6.07) is 10.3. The van der Waals surface area contributed by atoms with E-state index in [2.05, 4.69) is 5.32 Å². The molecule has 2 aromatic carbocycles. The Kier molecular flexibility index (Phi) is 6.99. The van der Waals surface area contributed by atoms with E-state index in [0.717, 1.165) is 11.1 Å². The van der Waals surface area contributed by atoms with E-state index in [0.29, 0.717) is 35.1 Å². The van der Waals surface area contributed by atoms with Gasteiger partial charge in [-0.15, -0.1) is 0 Å². The molecule has 186 valence electrons. The van der Waals surface area contributed by atoms with Crippen molar-refractivity contribution in [1.82, 2.24) is 15.2 Å². The fraction of sp³-hybridized carbons (Fsp3) is 0.400. The van der Waals surface area contributed by atoms with Gasteiger partial charge in [-0.3, -0.25) is 4.79 Å². The second-order valence-electron chi connectivity index (χ2n) is 8.64. The summed E-state index contributed by atoms with van der Waals surface area (Å²) in [6.07, 6.45) is 0.454. The topological polar surface area (TPSA) is 102 Å². The van der Waals surface area contributed by atoms with Crippen molar-refractivity contribution in [2.45, 2.75) is 32.4 Å². The van der Waals surface area contributed by atoms with E-state index in [1.807, 2.05) is 44.2 Å². The summed E-state index contributed by atoms with van der Waals surface area (Å²) >= 11 is 0. The fourth-order valence-corrected chi connectivity index (χ4v) is 4.02. The number of hydrogen-bond acceptors (Lipinski definition) is 7. The van der Waals surface area contributed by atoms with Crippen LogP contribution in [0, 0.1) is 0 Å². The molecule has 1 N–H and O–H groups in total. The molecule has 10 heteroatoms. The molecule has 0 spiro atoms. The Labute approximate surface area is 204 Å². The van der Waals surface area contributed by atoms with Crippen LogP contribution in [0.15, 0.2) is 41.5 Å². The molecule has 35 heavy (non-hydrogen) atoms. The highest BCUT2D eigenvalue weighted by atomic mass is 16.7. The van der Waals surface area contributed by atoms with Gasteiger partial charge >= 0.3 is 6.03 Å². The van der Waals surface area contributed by atoms with Crippen LogP contribution in [0.4, 0.5) is 4.79 Å². The Morgan fingerprint density at radius 3 is 2.63 bits per heavy atom. The molecule has 10 nitrogen and oxygen atoms in total. The zero-order chi connectivity index (χ0) is 25.1. The molecule has 0 saturated heterocycles. The third kappa shape index (κ3) is 5.11. The van der Waals surface area contributed by atoms with Crippen molar-refractivity contribution >= 4 is 17.6 Å². The molecule has 2 aliphatic heterocycles. The lowest BCUT2D eigenvalue weighted by Gasteiger charge is -2.25. The highest BCUT2D eigenvalue weighted by Gasteiger charge is 2.35. The van der Waals surface area contributed by atoms with Gasteiger partial charge in [-0.05, 0) is 43.7 Å². The summed E-state index contributed by atoms with van der Waals surface area (Å²) < 4.78 is 21.9. The van der Waals surface area contributed by atoms with Crippen LogP contribution in [-0.2, 0) is 4.79 Å². The van der Waals surface area contributed by atoms with Crippen LogP contribution < -0.4 is 24.3 Å². The number of hydrazone groups is 1. The molecule has 0 unspecified atom stereocenters. The van der Waals surface area contributed by atoms with Crippen LogP contribution in [0.2, 0.25) is 0 Å². The monoisotopic (exact) mass is 482 g/mol. The average molecular weight is 483 g/mol. The maximum atomic E-state index is 13.4. The third-order valence-corrected chi connectivity index (χ3v) is 5.80.